The highest BCUT2D eigenvalue weighted by Gasteiger charge is 2.34. The third-order valence-electron chi connectivity index (χ3n) is 3.76. The molecule has 1 fully saturated rings. The van der Waals surface area contributed by atoms with Crippen LogP contribution in [0.1, 0.15) is 33.1 Å². The predicted octanol–water partition coefficient (Wildman–Crippen LogP) is 3.97. The molecule has 1 atom stereocenters. The number of sulfonamides is 1. The minimum Gasteiger partial charge on any atom is -0.494 e. The summed E-state index contributed by atoms with van der Waals surface area (Å²) in [5, 5.41) is 0.342. The van der Waals surface area contributed by atoms with Crippen LogP contribution in [0.15, 0.2) is 21.5 Å². The van der Waals surface area contributed by atoms with Crippen molar-refractivity contribution in [3.05, 3.63) is 21.6 Å². The molecule has 1 aromatic rings. The summed E-state index contributed by atoms with van der Waals surface area (Å²) in [7, 11) is -2.23. The highest BCUT2D eigenvalue weighted by Crippen LogP contribution is 2.39. The second-order valence-electron chi connectivity index (χ2n) is 6.14. The van der Waals surface area contributed by atoms with Gasteiger partial charge in [0.15, 0.2) is 5.75 Å². The first kappa shape index (κ1) is 17.1. The van der Waals surface area contributed by atoms with Crippen molar-refractivity contribution in [1.29, 1.82) is 0 Å². The molecule has 4 nitrogen and oxygen atoms in total. The summed E-state index contributed by atoms with van der Waals surface area (Å²) in [6.45, 7) is 4.30. The Morgan fingerprint density at radius 3 is 2.62 bits per heavy atom. The summed E-state index contributed by atoms with van der Waals surface area (Å²) in [6.07, 6.45) is 2.68. The Hall–Kier alpha value is -0.300. The number of hydrogen-bond donors (Lipinski definition) is 1. The first-order valence-electron chi connectivity index (χ1n) is 6.70. The molecule has 0 spiro atoms. The lowest BCUT2D eigenvalue weighted by Gasteiger charge is -2.19. The van der Waals surface area contributed by atoms with E-state index in [9.17, 15) is 8.42 Å². The number of methoxy groups -OCH3 is 1. The zero-order valence-electron chi connectivity index (χ0n) is 12.2. The number of ether oxygens (including phenoxy) is 1. The smallest absolute Gasteiger partial charge is 0.244 e. The number of rotatable bonds is 4. The molecule has 118 valence electrons. The summed E-state index contributed by atoms with van der Waals surface area (Å²) in [5.41, 5.74) is 0.173. The number of nitrogens with one attached hydrogen (secondary N) is 1. The molecule has 7 heteroatoms. The maximum atomic E-state index is 12.6. The Labute approximate surface area is 139 Å². The van der Waals surface area contributed by atoms with Crippen LogP contribution in [0.3, 0.4) is 0 Å². The summed E-state index contributed by atoms with van der Waals surface area (Å²) in [4.78, 5) is 0.0640. The van der Waals surface area contributed by atoms with Gasteiger partial charge in [0.2, 0.25) is 10.0 Å². The fourth-order valence-corrected chi connectivity index (χ4v) is 5.41. The lowest BCUT2D eigenvalue weighted by molar-refractivity contribution is 0.372. The minimum atomic E-state index is -3.67. The Morgan fingerprint density at radius 2 is 2.10 bits per heavy atom. The standard InChI is InChI=1S/C14H19BrClNO3S/c1-14(2)5-4-10(8-14)17-21(18,19)12-7-9(16)6-11(15)13(12)20-3/h6-7,10,17H,4-5,8H2,1-3H3. The fourth-order valence-electron chi connectivity index (χ4n) is 2.75. The maximum Gasteiger partial charge on any atom is 0.244 e. The van der Waals surface area contributed by atoms with Gasteiger partial charge in [0.25, 0.3) is 0 Å². The van der Waals surface area contributed by atoms with E-state index in [-0.39, 0.29) is 22.1 Å². The van der Waals surface area contributed by atoms with E-state index in [0.717, 1.165) is 19.3 Å². The molecule has 0 aliphatic heterocycles. The van der Waals surface area contributed by atoms with Crippen LogP contribution >= 0.6 is 27.5 Å². The molecule has 1 aromatic carbocycles. The average Bonchev–Trinajstić information content (AvgIpc) is 2.67. The molecule has 2 rings (SSSR count). The van der Waals surface area contributed by atoms with E-state index in [1.807, 2.05) is 0 Å². The van der Waals surface area contributed by atoms with Crippen molar-refractivity contribution in [2.45, 2.75) is 44.0 Å². The van der Waals surface area contributed by atoms with Gasteiger partial charge in [-0.15, -0.1) is 0 Å². The van der Waals surface area contributed by atoms with Crippen LogP contribution in [0.25, 0.3) is 0 Å². The normalized spacial score (nSPS) is 21.5. The first-order valence-corrected chi connectivity index (χ1v) is 9.35. The number of halogens is 2. The molecule has 1 unspecified atom stereocenters. The molecule has 0 saturated heterocycles. The van der Waals surface area contributed by atoms with Gasteiger partial charge >= 0.3 is 0 Å². The molecule has 0 amide bonds. The van der Waals surface area contributed by atoms with Gasteiger partial charge in [-0.25, -0.2) is 13.1 Å². The molecule has 0 heterocycles. The van der Waals surface area contributed by atoms with E-state index in [0.29, 0.717) is 9.50 Å². The van der Waals surface area contributed by atoms with Crippen LogP contribution in [0, 0.1) is 5.41 Å². The van der Waals surface area contributed by atoms with Gasteiger partial charge in [0.05, 0.1) is 11.6 Å². The fraction of sp³-hybridized carbons (Fsp3) is 0.571. The van der Waals surface area contributed by atoms with Gasteiger partial charge in [0.1, 0.15) is 4.90 Å². The number of hydrogen-bond acceptors (Lipinski definition) is 3. The summed E-state index contributed by atoms with van der Waals surface area (Å²) in [5.74, 6) is 0.268. The lowest BCUT2D eigenvalue weighted by atomic mass is 9.92. The summed E-state index contributed by atoms with van der Waals surface area (Å²) < 4.78 is 33.7. The van der Waals surface area contributed by atoms with Crippen molar-refractivity contribution in [2.24, 2.45) is 5.41 Å². The van der Waals surface area contributed by atoms with Crippen LogP contribution in [-0.4, -0.2) is 21.6 Å². The van der Waals surface area contributed by atoms with Crippen molar-refractivity contribution in [3.8, 4) is 5.75 Å². The lowest BCUT2D eigenvalue weighted by Crippen LogP contribution is -2.33. The van der Waals surface area contributed by atoms with E-state index in [4.69, 9.17) is 16.3 Å². The van der Waals surface area contributed by atoms with Gasteiger partial charge in [-0.05, 0) is 52.7 Å². The van der Waals surface area contributed by atoms with E-state index in [2.05, 4.69) is 34.5 Å². The van der Waals surface area contributed by atoms with Gasteiger partial charge in [0, 0.05) is 11.1 Å². The van der Waals surface area contributed by atoms with Crippen molar-refractivity contribution in [2.75, 3.05) is 7.11 Å². The largest absolute Gasteiger partial charge is 0.494 e. The van der Waals surface area contributed by atoms with Crippen LogP contribution in [0.4, 0.5) is 0 Å². The average molecular weight is 397 g/mol. The first-order chi connectivity index (χ1) is 9.64. The van der Waals surface area contributed by atoms with E-state index < -0.39 is 10.0 Å². The topological polar surface area (TPSA) is 55.4 Å². The Bertz CT molecular complexity index is 646. The molecular formula is C14H19BrClNO3S. The van der Waals surface area contributed by atoms with Crippen molar-refractivity contribution < 1.29 is 13.2 Å². The van der Waals surface area contributed by atoms with Gasteiger partial charge in [-0.3, -0.25) is 0 Å². The second kappa shape index (κ2) is 6.07. The van der Waals surface area contributed by atoms with Gasteiger partial charge in [-0.1, -0.05) is 25.4 Å². The molecule has 21 heavy (non-hydrogen) atoms. The van der Waals surface area contributed by atoms with Crippen LogP contribution in [0.5, 0.6) is 5.75 Å². The summed E-state index contributed by atoms with van der Waals surface area (Å²) in [6, 6.07) is 2.97. The van der Waals surface area contributed by atoms with Crippen LogP contribution in [0.2, 0.25) is 5.02 Å². The summed E-state index contributed by atoms with van der Waals surface area (Å²) >= 11 is 9.25. The van der Waals surface area contributed by atoms with Crippen molar-refractivity contribution >= 4 is 37.6 Å². The Balaban J connectivity index is 2.32. The Kier molecular flexibility index (Phi) is 4.93. The van der Waals surface area contributed by atoms with E-state index in [1.54, 1.807) is 6.07 Å². The molecule has 0 radical (unpaired) electrons. The Morgan fingerprint density at radius 1 is 1.43 bits per heavy atom. The molecule has 1 aliphatic rings. The zero-order chi connectivity index (χ0) is 15.8. The molecule has 0 bridgehead atoms. The third-order valence-corrected chi connectivity index (χ3v) is 6.09. The number of benzene rings is 1. The third kappa shape index (κ3) is 3.92. The molecule has 1 aliphatic carbocycles. The molecule has 1 N–H and O–H groups in total. The zero-order valence-corrected chi connectivity index (χ0v) is 15.4. The SMILES string of the molecule is COc1c(Br)cc(Cl)cc1S(=O)(=O)NC1CCC(C)(C)C1. The van der Waals surface area contributed by atoms with Crippen molar-refractivity contribution in [3.63, 3.8) is 0 Å². The van der Waals surface area contributed by atoms with E-state index in [1.165, 1.54) is 13.2 Å². The van der Waals surface area contributed by atoms with Gasteiger partial charge < -0.3 is 4.74 Å². The maximum absolute atomic E-state index is 12.6. The molecule has 1 saturated carbocycles. The van der Waals surface area contributed by atoms with E-state index >= 15 is 0 Å². The van der Waals surface area contributed by atoms with Crippen LogP contribution < -0.4 is 9.46 Å². The highest BCUT2D eigenvalue weighted by molar-refractivity contribution is 9.10. The quantitative estimate of drug-likeness (QED) is 0.838. The predicted molar refractivity (Wildman–Crippen MR) is 87.4 cm³/mol. The second-order valence-corrected chi connectivity index (χ2v) is 9.12. The highest BCUT2D eigenvalue weighted by atomic mass is 79.9. The van der Waals surface area contributed by atoms with Crippen molar-refractivity contribution in [1.82, 2.24) is 4.72 Å². The monoisotopic (exact) mass is 395 g/mol. The minimum absolute atomic E-state index is 0.0486. The van der Waals surface area contributed by atoms with Gasteiger partial charge in [-0.2, -0.15) is 0 Å². The van der Waals surface area contributed by atoms with Crippen LogP contribution in [-0.2, 0) is 10.0 Å². The molecule has 0 aromatic heterocycles. The molecular weight excluding hydrogens is 378 g/mol.